The van der Waals surface area contributed by atoms with Crippen LogP contribution >= 0.6 is 22.9 Å². The van der Waals surface area contributed by atoms with Gasteiger partial charge in [-0.1, -0.05) is 0 Å². The first-order valence-electron chi connectivity index (χ1n) is 5.75. The zero-order valence-corrected chi connectivity index (χ0v) is 11.5. The Morgan fingerprint density at radius 3 is 2.89 bits per heavy atom. The first-order chi connectivity index (χ1) is 8.78. The van der Waals surface area contributed by atoms with Gasteiger partial charge in [-0.3, -0.25) is 0 Å². The van der Waals surface area contributed by atoms with Crippen LogP contribution in [0.25, 0.3) is 10.2 Å². The number of fused-ring (bicyclic) bond motifs is 1. The second-order valence-electron chi connectivity index (χ2n) is 3.99. The number of morpholine rings is 1. The zero-order valence-electron chi connectivity index (χ0n) is 9.94. The maximum absolute atomic E-state index is 6.00. The lowest BCUT2D eigenvalue weighted by Gasteiger charge is -2.28. The number of aromatic nitrogens is 2. The summed E-state index contributed by atoms with van der Waals surface area (Å²) in [6.07, 6.45) is 0. The van der Waals surface area contributed by atoms with Crippen molar-refractivity contribution in [2.45, 2.75) is 0 Å². The van der Waals surface area contributed by atoms with Crippen LogP contribution in [0.15, 0.2) is 6.07 Å². The second-order valence-corrected chi connectivity index (χ2v) is 5.38. The van der Waals surface area contributed by atoms with E-state index in [2.05, 4.69) is 20.2 Å². The molecule has 96 valence electrons. The third kappa shape index (κ3) is 2.11. The third-order valence-corrected chi connectivity index (χ3v) is 4.19. The summed E-state index contributed by atoms with van der Waals surface area (Å²) in [7, 11) is 1.90. The molecule has 7 heteroatoms. The molecule has 0 amide bonds. The smallest absolute Gasteiger partial charge is 0.224 e. The van der Waals surface area contributed by atoms with Crippen LogP contribution in [0, 0.1) is 0 Å². The molecule has 3 rings (SSSR count). The van der Waals surface area contributed by atoms with Crippen LogP contribution in [0.2, 0.25) is 5.28 Å². The summed E-state index contributed by atoms with van der Waals surface area (Å²) < 4.78 is 6.44. The minimum absolute atomic E-state index is 0.296. The molecule has 1 saturated heterocycles. The van der Waals surface area contributed by atoms with Crippen molar-refractivity contribution in [1.82, 2.24) is 9.97 Å². The molecule has 0 unspecified atom stereocenters. The topological polar surface area (TPSA) is 50.3 Å². The molecule has 0 bridgehead atoms. The lowest BCUT2D eigenvalue weighted by atomic mass is 10.3. The van der Waals surface area contributed by atoms with E-state index in [1.165, 1.54) is 0 Å². The summed E-state index contributed by atoms with van der Waals surface area (Å²) in [4.78, 5) is 10.9. The summed E-state index contributed by atoms with van der Waals surface area (Å²) in [5, 5.41) is 4.49. The normalized spacial score (nSPS) is 16.2. The van der Waals surface area contributed by atoms with Gasteiger partial charge in [-0.05, 0) is 17.7 Å². The van der Waals surface area contributed by atoms with Crippen LogP contribution in [0.4, 0.5) is 10.8 Å². The number of rotatable bonds is 2. The van der Waals surface area contributed by atoms with Gasteiger partial charge in [0.25, 0.3) is 0 Å². The predicted octanol–water partition coefficient (Wildman–Crippen LogP) is 2.22. The van der Waals surface area contributed by atoms with Crippen molar-refractivity contribution in [3.05, 3.63) is 11.3 Å². The van der Waals surface area contributed by atoms with Crippen LogP contribution in [-0.4, -0.2) is 43.3 Å². The van der Waals surface area contributed by atoms with E-state index in [0.717, 1.165) is 47.3 Å². The van der Waals surface area contributed by atoms with Crippen molar-refractivity contribution in [2.75, 3.05) is 43.6 Å². The molecule has 0 aliphatic carbocycles. The van der Waals surface area contributed by atoms with Gasteiger partial charge in [0.15, 0.2) is 5.82 Å². The number of halogens is 1. The Hall–Kier alpha value is -1.11. The first kappa shape index (κ1) is 12.0. The van der Waals surface area contributed by atoms with E-state index in [0.29, 0.717) is 5.28 Å². The Labute approximate surface area is 114 Å². The number of hydrogen-bond acceptors (Lipinski definition) is 6. The van der Waals surface area contributed by atoms with Crippen molar-refractivity contribution in [3.63, 3.8) is 0 Å². The number of nitrogens with zero attached hydrogens (tertiary/aromatic N) is 3. The standard InChI is InChI=1S/C11H13ClN4OS/c1-13-8-6-7-9(18-8)10(15-11(12)14-7)16-2-4-17-5-3-16/h6,13H,2-5H2,1H3. The third-order valence-electron chi connectivity index (χ3n) is 2.88. The molecular weight excluding hydrogens is 272 g/mol. The molecular formula is C11H13ClN4OS. The highest BCUT2D eigenvalue weighted by atomic mass is 35.5. The van der Waals surface area contributed by atoms with Crippen LogP contribution in [0.3, 0.4) is 0 Å². The van der Waals surface area contributed by atoms with Crippen LogP contribution in [0.1, 0.15) is 0 Å². The van der Waals surface area contributed by atoms with Crippen LogP contribution in [0.5, 0.6) is 0 Å². The Balaban J connectivity index is 2.10. The quantitative estimate of drug-likeness (QED) is 0.857. The molecule has 1 fully saturated rings. The first-order valence-corrected chi connectivity index (χ1v) is 6.95. The number of nitrogens with one attached hydrogen (secondary N) is 1. The van der Waals surface area contributed by atoms with Gasteiger partial charge in [0, 0.05) is 20.1 Å². The van der Waals surface area contributed by atoms with Crippen molar-refractivity contribution >= 4 is 44.0 Å². The van der Waals surface area contributed by atoms with E-state index in [1.807, 2.05) is 13.1 Å². The summed E-state index contributed by atoms with van der Waals surface area (Å²) >= 11 is 7.65. The van der Waals surface area contributed by atoms with Crippen LogP contribution < -0.4 is 10.2 Å². The summed E-state index contributed by atoms with van der Waals surface area (Å²) in [5.74, 6) is 0.916. The fraction of sp³-hybridized carbons (Fsp3) is 0.455. The molecule has 18 heavy (non-hydrogen) atoms. The predicted molar refractivity (Wildman–Crippen MR) is 75.0 cm³/mol. The molecule has 1 aliphatic heterocycles. The zero-order chi connectivity index (χ0) is 12.5. The van der Waals surface area contributed by atoms with Gasteiger partial charge in [0.05, 0.1) is 28.4 Å². The van der Waals surface area contributed by atoms with Gasteiger partial charge in [0.1, 0.15) is 0 Å². The van der Waals surface area contributed by atoms with E-state index in [9.17, 15) is 0 Å². The summed E-state index contributed by atoms with van der Waals surface area (Å²) in [6.45, 7) is 3.14. The highest BCUT2D eigenvalue weighted by molar-refractivity contribution is 7.23. The molecule has 0 aromatic carbocycles. The maximum atomic E-state index is 6.00. The second kappa shape index (κ2) is 4.87. The van der Waals surface area contributed by atoms with Crippen molar-refractivity contribution < 1.29 is 4.74 Å². The largest absolute Gasteiger partial charge is 0.380 e. The Bertz CT molecular complexity index is 567. The summed E-state index contributed by atoms with van der Waals surface area (Å²) in [6, 6.07) is 2.00. The van der Waals surface area contributed by atoms with Gasteiger partial charge in [-0.2, -0.15) is 4.98 Å². The summed E-state index contributed by atoms with van der Waals surface area (Å²) in [5.41, 5.74) is 0.894. The Kier molecular flexibility index (Phi) is 3.23. The van der Waals surface area contributed by atoms with Crippen LogP contribution in [-0.2, 0) is 4.74 Å². The van der Waals surface area contributed by atoms with E-state index in [1.54, 1.807) is 11.3 Å². The average molecular weight is 285 g/mol. The molecule has 1 N–H and O–H groups in total. The molecule has 0 radical (unpaired) electrons. The SMILES string of the molecule is CNc1cc2nc(Cl)nc(N3CCOCC3)c2s1. The molecule has 0 saturated carbocycles. The van der Waals surface area contributed by atoms with E-state index >= 15 is 0 Å². The molecule has 0 spiro atoms. The average Bonchev–Trinajstić information content (AvgIpc) is 2.81. The maximum Gasteiger partial charge on any atom is 0.224 e. The molecule has 2 aromatic rings. The molecule has 1 aliphatic rings. The molecule has 2 aromatic heterocycles. The van der Waals surface area contributed by atoms with Gasteiger partial charge in [-0.15, -0.1) is 11.3 Å². The number of thiophene rings is 1. The van der Waals surface area contributed by atoms with E-state index in [4.69, 9.17) is 16.3 Å². The van der Waals surface area contributed by atoms with Crippen molar-refractivity contribution in [2.24, 2.45) is 0 Å². The monoisotopic (exact) mass is 284 g/mol. The minimum Gasteiger partial charge on any atom is -0.380 e. The fourth-order valence-corrected chi connectivity index (χ4v) is 3.14. The number of anilines is 2. The van der Waals surface area contributed by atoms with E-state index in [-0.39, 0.29) is 0 Å². The van der Waals surface area contributed by atoms with Crippen molar-refractivity contribution in [3.8, 4) is 0 Å². The highest BCUT2D eigenvalue weighted by Gasteiger charge is 2.18. The van der Waals surface area contributed by atoms with Gasteiger partial charge in [0.2, 0.25) is 5.28 Å². The molecule has 3 heterocycles. The minimum atomic E-state index is 0.296. The van der Waals surface area contributed by atoms with Gasteiger partial charge >= 0.3 is 0 Å². The lowest BCUT2D eigenvalue weighted by molar-refractivity contribution is 0.122. The molecule has 5 nitrogen and oxygen atoms in total. The van der Waals surface area contributed by atoms with Crippen molar-refractivity contribution in [1.29, 1.82) is 0 Å². The fourth-order valence-electron chi connectivity index (χ4n) is 2.00. The number of hydrogen-bond donors (Lipinski definition) is 1. The number of ether oxygens (including phenoxy) is 1. The van der Waals surface area contributed by atoms with Gasteiger partial charge < -0.3 is 15.0 Å². The Morgan fingerprint density at radius 1 is 1.39 bits per heavy atom. The molecule has 0 atom stereocenters. The highest BCUT2D eigenvalue weighted by Crippen LogP contribution is 2.35. The van der Waals surface area contributed by atoms with Gasteiger partial charge in [-0.25, -0.2) is 4.98 Å². The lowest BCUT2D eigenvalue weighted by Crippen LogP contribution is -2.36. The Morgan fingerprint density at radius 2 is 2.17 bits per heavy atom. The van der Waals surface area contributed by atoms with E-state index < -0.39 is 0 Å².